The lowest BCUT2D eigenvalue weighted by Crippen LogP contribution is -2.28. The first-order valence-corrected chi connectivity index (χ1v) is 9.05. The number of thiazole rings is 1. The van der Waals surface area contributed by atoms with Gasteiger partial charge in [0.15, 0.2) is 0 Å². The van der Waals surface area contributed by atoms with Crippen molar-refractivity contribution in [3.05, 3.63) is 64.0 Å². The van der Waals surface area contributed by atoms with Gasteiger partial charge in [-0.15, -0.1) is 11.3 Å². The summed E-state index contributed by atoms with van der Waals surface area (Å²) < 4.78 is 5.16. The first-order valence-electron chi connectivity index (χ1n) is 8.17. The van der Waals surface area contributed by atoms with Crippen LogP contribution in [0, 0.1) is 6.92 Å². The standard InChI is InChI=1S/C20H18N2O2S/c1-13-21-18(12-25-13)15-5-8-19-16(11-15)9-10-22(19)20(23)14-3-6-17(24-2)7-4-14/h3-8,11-12H,9-10H2,1-2H3. The van der Waals surface area contributed by atoms with E-state index in [9.17, 15) is 4.79 Å². The second kappa shape index (κ2) is 6.33. The van der Waals surface area contributed by atoms with E-state index in [4.69, 9.17) is 4.74 Å². The molecule has 25 heavy (non-hydrogen) atoms. The summed E-state index contributed by atoms with van der Waals surface area (Å²) in [6, 6.07) is 13.5. The second-order valence-electron chi connectivity index (χ2n) is 6.03. The number of amides is 1. The lowest BCUT2D eigenvalue weighted by Gasteiger charge is -2.17. The third-order valence-corrected chi connectivity index (χ3v) is 5.25. The summed E-state index contributed by atoms with van der Waals surface area (Å²) >= 11 is 1.65. The number of carbonyl (C=O) groups excluding carboxylic acids is 1. The maximum atomic E-state index is 12.8. The van der Waals surface area contributed by atoms with Crippen molar-refractivity contribution in [3.8, 4) is 17.0 Å². The molecule has 1 aromatic heterocycles. The molecule has 5 heteroatoms. The molecule has 2 heterocycles. The Morgan fingerprint density at radius 3 is 2.68 bits per heavy atom. The van der Waals surface area contributed by atoms with Crippen LogP contribution in [0.15, 0.2) is 47.8 Å². The van der Waals surface area contributed by atoms with Crippen molar-refractivity contribution < 1.29 is 9.53 Å². The fourth-order valence-electron chi connectivity index (χ4n) is 3.16. The second-order valence-corrected chi connectivity index (χ2v) is 7.09. The molecule has 0 saturated heterocycles. The average molecular weight is 350 g/mol. The van der Waals surface area contributed by atoms with Crippen LogP contribution in [0.2, 0.25) is 0 Å². The number of hydrogen-bond donors (Lipinski definition) is 0. The molecule has 2 aromatic carbocycles. The van der Waals surface area contributed by atoms with Crippen LogP contribution in [0.4, 0.5) is 5.69 Å². The Labute approximate surface area is 150 Å². The van der Waals surface area contributed by atoms with Gasteiger partial charge in [0.1, 0.15) is 5.75 Å². The molecule has 0 saturated carbocycles. The number of carbonyl (C=O) groups is 1. The third-order valence-electron chi connectivity index (χ3n) is 4.47. The number of rotatable bonds is 3. The first-order chi connectivity index (χ1) is 12.2. The quantitative estimate of drug-likeness (QED) is 0.706. The summed E-state index contributed by atoms with van der Waals surface area (Å²) in [5, 5.41) is 3.14. The highest BCUT2D eigenvalue weighted by molar-refractivity contribution is 7.09. The molecule has 4 nitrogen and oxygen atoms in total. The molecule has 3 aromatic rings. The molecule has 0 bridgehead atoms. The molecule has 1 aliphatic heterocycles. The van der Waals surface area contributed by atoms with Crippen LogP contribution >= 0.6 is 11.3 Å². The molecule has 126 valence electrons. The minimum atomic E-state index is 0.0265. The van der Waals surface area contributed by atoms with Gasteiger partial charge in [0.2, 0.25) is 0 Å². The lowest BCUT2D eigenvalue weighted by atomic mass is 10.1. The molecule has 0 unspecified atom stereocenters. The fourth-order valence-corrected chi connectivity index (χ4v) is 3.78. The zero-order chi connectivity index (χ0) is 17.4. The molecule has 0 atom stereocenters. The molecule has 0 aliphatic carbocycles. The van der Waals surface area contributed by atoms with Gasteiger partial charge in [-0.3, -0.25) is 4.79 Å². The summed E-state index contributed by atoms with van der Waals surface area (Å²) in [5.74, 6) is 0.778. The maximum absolute atomic E-state index is 12.8. The van der Waals surface area contributed by atoms with E-state index in [2.05, 4.69) is 16.4 Å². The Morgan fingerprint density at radius 2 is 2.00 bits per heavy atom. The number of aromatic nitrogens is 1. The van der Waals surface area contributed by atoms with Crippen LogP contribution in [0.5, 0.6) is 5.75 Å². The van der Waals surface area contributed by atoms with Gasteiger partial charge in [0.25, 0.3) is 5.91 Å². The van der Waals surface area contributed by atoms with Gasteiger partial charge < -0.3 is 9.64 Å². The molecule has 4 rings (SSSR count). The van der Waals surface area contributed by atoms with E-state index >= 15 is 0 Å². The van der Waals surface area contributed by atoms with Gasteiger partial charge in [-0.25, -0.2) is 4.98 Å². The zero-order valence-electron chi connectivity index (χ0n) is 14.2. The van der Waals surface area contributed by atoms with E-state index < -0.39 is 0 Å². The number of nitrogens with zero attached hydrogens (tertiary/aromatic N) is 2. The topological polar surface area (TPSA) is 42.4 Å². The van der Waals surface area contributed by atoms with Crippen molar-refractivity contribution in [1.29, 1.82) is 0 Å². The fraction of sp³-hybridized carbons (Fsp3) is 0.200. The summed E-state index contributed by atoms with van der Waals surface area (Å²) in [6.07, 6.45) is 0.869. The number of anilines is 1. The van der Waals surface area contributed by atoms with E-state index in [1.54, 1.807) is 18.4 Å². The van der Waals surface area contributed by atoms with Crippen molar-refractivity contribution in [3.63, 3.8) is 0 Å². The van der Waals surface area contributed by atoms with Gasteiger partial charge in [0.05, 0.1) is 17.8 Å². The number of aryl methyl sites for hydroxylation is 1. The number of methoxy groups -OCH3 is 1. The molecule has 1 amide bonds. The molecule has 1 aliphatic rings. The van der Waals surface area contributed by atoms with E-state index in [0.29, 0.717) is 12.1 Å². The van der Waals surface area contributed by atoms with Gasteiger partial charge in [-0.05, 0) is 55.3 Å². The normalized spacial score (nSPS) is 13.0. The van der Waals surface area contributed by atoms with Crippen LogP contribution in [-0.4, -0.2) is 24.5 Å². The van der Waals surface area contributed by atoms with Crippen molar-refractivity contribution in [1.82, 2.24) is 4.98 Å². The van der Waals surface area contributed by atoms with E-state index in [0.717, 1.165) is 34.1 Å². The molecule has 0 N–H and O–H groups in total. The summed E-state index contributed by atoms with van der Waals surface area (Å²) in [7, 11) is 1.62. The van der Waals surface area contributed by atoms with Gasteiger partial charge in [0, 0.05) is 28.7 Å². The Balaban J connectivity index is 1.62. The lowest BCUT2D eigenvalue weighted by molar-refractivity contribution is 0.0989. The highest BCUT2D eigenvalue weighted by Gasteiger charge is 2.26. The Morgan fingerprint density at radius 1 is 1.20 bits per heavy atom. The van der Waals surface area contributed by atoms with E-state index in [1.807, 2.05) is 48.2 Å². The largest absolute Gasteiger partial charge is 0.497 e. The Kier molecular flexibility index (Phi) is 4.01. The zero-order valence-corrected chi connectivity index (χ0v) is 15.0. The number of ether oxygens (including phenoxy) is 1. The molecular weight excluding hydrogens is 332 g/mol. The predicted molar refractivity (Wildman–Crippen MR) is 101 cm³/mol. The van der Waals surface area contributed by atoms with Crippen LogP contribution in [0.3, 0.4) is 0 Å². The van der Waals surface area contributed by atoms with Crippen molar-refractivity contribution in [2.24, 2.45) is 0 Å². The smallest absolute Gasteiger partial charge is 0.258 e. The van der Waals surface area contributed by atoms with Gasteiger partial charge in [-0.2, -0.15) is 0 Å². The van der Waals surface area contributed by atoms with E-state index in [1.165, 1.54) is 5.56 Å². The molecular formula is C20H18N2O2S. The van der Waals surface area contributed by atoms with Crippen LogP contribution in [0.1, 0.15) is 20.9 Å². The molecule has 0 spiro atoms. The first kappa shape index (κ1) is 15.8. The number of benzene rings is 2. The predicted octanol–water partition coefficient (Wildman–Crippen LogP) is 4.33. The SMILES string of the molecule is COc1ccc(C(=O)N2CCc3cc(-c4csc(C)n4)ccc32)cc1. The minimum absolute atomic E-state index is 0.0265. The van der Waals surface area contributed by atoms with Gasteiger partial charge in [-0.1, -0.05) is 6.07 Å². The minimum Gasteiger partial charge on any atom is -0.497 e. The summed E-state index contributed by atoms with van der Waals surface area (Å²) in [5.41, 5.74) is 4.99. The maximum Gasteiger partial charge on any atom is 0.258 e. The highest BCUT2D eigenvalue weighted by atomic mass is 32.1. The van der Waals surface area contributed by atoms with Gasteiger partial charge >= 0.3 is 0 Å². The van der Waals surface area contributed by atoms with Crippen molar-refractivity contribution in [2.75, 3.05) is 18.6 Å². The molecule has 0 fully saturated rings. The summed E-state index contributed by atoms with van der Waals surface area (Å²) in [4.78, 5) is 19.2. The molecule has 0 radical (unpaired) electrons. The Bertz CT molecular complexity index is 931. The van der Waals surface area contributed by atoms with Crippen LogP contribution < -0.4 is 9.64 Å². The van der Waals surface area contributed by atoms with E-state index in [-0.39, 0.29) is 5.91 Å². The van der Waals surface area contributed by atoms with Crippen LogP contribution in [-0.2, 0) is 6.42 Å². The van der Waals surface area contributed by atoms with Crippen molar-refractivity contribution in [2.45, 2.75) is 13.3 Å². The number of hydrogen-bond acceptors (Lipinski definition) is 4. The Hall–Kier alpha value is -2.66. The monoisotopic (exact) mass is 350 g/mol. The summed E-state index contributed by atoms with van der Waals surface area (Å²) in [6.45, 7) is 2.72. The van der Waals surface area contributed by atoms with Crippen LogP contribution in [0.25, 0.3) is 11.3 Å². The van der Waals surface area contributed by atoms with Crippen molar-refractivity contribution >= 4 is 22.9 Å². The highest BCUT2D eigenvalue weighted by Crippen LogP contribution is 2.33. The number of fused-ring (bicyclic) bond motifs is 1. The third kappa shape index (κ3) is 2.91. The average Bonchev–Trinajstić information content (AvgIpc) is 3.27.